The lowest BCUT2D eigenvalue weighted by molar-refractivity contribution is -0.134. The third-order valence-electron chi connectivity index (χ3n) is 4.12. The molecule has 26 heavy (non-hydrogen) atoms. The highest BCUT2D eigenvalue weighted by molar-refractivity contribution is 6.11. The number of amides is 2. The molecule has 0 saturated heterocycles. The van der Waals surface area contributed by atoms with Crippen LogP contribution in [0.1, 0.15) is 24.1 Å². The lowest BCUT2D eigenvalue weighted by Crippen LogP contribution is -2.53. The molecule has 7 heteroatoms. The molecule has 0 spiro atoms. The van der Waals surface area contributed by atoms with Gasteiger partial charge in [0.05, 0.1) is 0 Å². The first-order chi connectivity index (χ1) is 12.6. The van der Waals surface area contributed by atoms with Gasteiger partial charge < -0.3 is 10.1 Å². The fourth-order valence-corrected chi connectivity index (χ4v) is 2.94. The van der Waals surface area contributed by atoms with E-state index in [4.69, 9.17) is 4.74 Å². The van der Waals surface area contributed by atoms with Crippen molar-refractivity contribution in [3.63, 3.8) is 0 Å². The Morgan fingerprint density at radius 3 is 2.38 bits per heavy atom. The molecule has 4 rings (SSSR count). The number of hydrogen-bond acceptors (Lipinski definition) is 5. The summed E-state index contributed by atoms with van der Waals surface area (Å²) in [4.78, 5) is 29.1. The van der Waals surface area contributed by atoms with E-state index >= 15 is 0 Å². The van der Waals surface area contributed by atoms with Gasteiger partial charge in [0.1, 0.15) is 12.1 Å². The summed E-state index contributed by atoms with van der Waals surface area (Å²) in [6, 6.07) is 17.3. The van der Waals surface area contributed by atoms with Crippen LogP contribution in [-0.2, 0) is 14.3 Å². The molecule has 0 fully saturated rings. The van der Waals surface area contributed by atoms with E-state index in [1.165, 1.54) is 6.92 Å². The fourth-order valence-electron chi connectivity index (χ4n) is 2.94. The standard InChI is InChI=1S/C19H16N4O3/c1-12(24)20-16-15(13-8-4-2-5-9-13)21-19-23(18(16)25)22-17(26-19)14-10-6-3-7-11-14/h2-11,15-16H,1H3,(H,20,24)/t15-,16+/m1/s1. The molecule has 0 bridgehead atoms. The summed E-state index contributed by atoms with van der Waals surface area (Å²) in [5, 5.41) is 8.04. The van der Waals surface area contributed by atoms with E-state index in [1.807, 2.05) is 60.7 Å². The first-order valence-corrected chi connectivity index (χ1v) is 8.19. The molecule has 2 heterocycles. The second-order valence-electron chi connectivity index (χ2n) is 5.97. The predicted molar refractivity (Wildman–Crippen MR) is 95.1 cm³/mol. The van der Waals surface area contributed by atoms with Gasteiger partial charge in [-0.3, -0.25) is 9.59 Å². The Kier molecular flexibility index (Phi) is 3.96. The van der Waals surface area contributed by atoms with Crippen molar-refractivity contribution in [2.24, 2.45) is 10.1 Å². The molecule has 2 aromatic rings. The second-order valence-corrected chi connectivity index (χ2v) is 5.97. The van der Waals surface area contributed by atoms with E-state index in [9.17, 15) is 9.59 Å². The van der Waals surface area contributed by atoms with Crippen LogP contribution in [0.2, 0.25) is 0 Å². The van der Waals surface area contributed by atoms with Crippen molar-refractivity contribution in [2.45, 2.75) is 19.0 Å². The summed E-state index contributed by atoms with van der Waals surface area (Å²) in [5.74, 6) is -0.395. The number of aliphatic imine (C=N–C) groups is 1. The molecule has 0 saturated carbocycles. The van der Waals surface area contributed by atoms with Gasteiger partial charge in [-0.2, -0.15) is 0 Å². The number of hydrogen-bond donors (Lipinski definition) is 1. The summed E-state index contributed by atoms with van der Waals surface area (Å²) in [6.07, 6.45) is 0. The number of ether oxygens (including phenoxy) is 1. The number of nitrogens with zero attached hydrogens (tertiary/aromatic N) is 3. The number of rotatable bonds is 3. The zero-order chi connectivity index (χ0) is 18.1. The Bertz CT molecular complexity index is 909. The molecule has 130 valence electrons. The highest BCUT2D eigenvalue weighted by atomic mass is 16.5. The average Bonchev–Trinajstić information content (AvgIpc) is 3.10. The summed E-state index contributed by atoms with van der Waals surface area (Å²) in [6.45, 7) is 1.37. The lowest BCUT2D eigenvalue weighted by Gasteiger charge is -2.30. The highest BCUT2D eigenvalue weighted by Gasteiger charge is 2.44. The van der Waals surface area contributed by atoms with E-state index in [0.717, 1.165) is 16.1 Å². The Hall–Kier alpha value is -3.48. The van der Waals surface area contributed by atoms with Gasteiger partial charge in [0, 0.05) is 12.5 Å². The Morgan fingerprint density at radius 2 is 1.73 bits per heavy atom. The smallest absolute Gasteiger partial charge is 0.323 e. The Balaban J connectivity index is 1.73. The van der Waals surface area contributed by atoms with Crippen LogP contribution in [0.5, 0.6) is 0 Å². The lowest BCUT2D eigenvalue weighted by atomic mass is 9.98. The van der Waals surface area contributed by atoms with Gasteiger partial charge in [0.25, 0.3) is 5.91 Å². The van der Waals surface area contributed by atoms with Crippen molar-refractivity contribution < 1.29 is 14.3 Å². The maximum absolute atomic E-state index is 12.9. The van der Waals surface area contributed by atoms with E-state index in [2.05, 4.69) is 15.4 Å². The summed E-state index contributed by atoms with van der Waals surface area (Å²) < 4.78 is 5.72. The first kappa shape index (κ1) is 16.0. The van der Waals surface area contributed by atoms with E-state index in [-0.39, 0.29) is 17.8 Å². The number of fused-ring (bicyclic) bond motifs is 1. The Labute approximate surface area is 150 Å². The van der Waals surface area contributed by atoms with Crippen LogP contribution in [-0.4, -0.2) is 34.8 Å². The van der Waals surface area contributed by atoms with Crippen LogP contribution >= 0.6 is 0 Å². The van der Waals surface area contributed by atoms with Crippen LogP contribution in [0.4, 0.5) is 0 Å². The van der Waals surface area contributed by atoms with Crippen LogP contribution in [0.25, 0.3) is 0 Å². The van der Waals surface area contributed by atoms with Crippen molar-refractivity contribution in [1.29, 1.82) is 0 Å². The minimum atomic E-state index is -0.846. The maximum atomic E-state index is 12.9. The SMILES string of the molecule is CC(=O)N[C@@H]1C(=O)N2N=C(c3ccccc3)OC2=N[C@@H]1c1ccccc1. The third kappa shape index (κ3) is 2.83. The van der Waals surface area contributed by atoms with Crippen molar-refractivity contribution in [2.75, 3.05) is 0 Å². The Morgan fingerprint density at radius 1 is 1.08 bits per heavy atom. The van der Waals surface area contributed by atoms with E-state index < -0.39 is 12.1 Å². The predicted octanol–water partition coefficient (Wildman–Crippen LogP) is 1.82. The summed E-state index contributed by atoms with van der Waals surface area (Å²) in [5.41, 5.74) is 1.55. The molecule has 2 aliphatic rings. The number of carbonyl (C=O) groups excluding carboxylic acids is 2. The van der Waals surface area contributed by atoms with Gasteiger partial charge in [-0.25, -0.2) is 4.99 Å². The zero-order valence-corrected chi connectivity index (χ0v) is 14.0. The topological polar surface area (TPSA) is 83.4 Å². The van der Waals surface area contributed by atoms with Crippen molar-refractivity contribution >= 4 is 23.7 Å². The molecule has 2 amide bonds. The average molecular weight is 348 g/mol. The molecule has 0 aliphatic carbocycles. The van der Waals surface area contributed by atoms with Gasteiger partial charge in [-0.15, -0.1) is 10.1 Å². The molecular weight excluding hydrogens is 332 g/mol. The van der Waals surface area contributed by atoms with Crippen LogP contribution < -0.4 is 5.32 Å². The molecule has 7 nitrogen and oxygen atoms in total. The number of nitrogens with one attached hydrogen (secondary N) is 1. The van der Waals surface area contributed by atoms with Crippen molar-refractivity contribution in [1.82, 2.24) is 10.3 Å². The molecule has 0 aromatic heterocycles. The second kappa shape index (κ2) is 6.44. The normalized spacial score (nSPS) is 21.4. The van der Waals surface area contributed by atoms with E-state index in [0.29, 0.717) is 5.90 Å². The fraction of sp³-hybridized carbons (Fsp3) is 0.158. The van der Waals surface area contributed by atoms with Gasteiger partial charge in [-0.1, -0.05) is 48.5 Å². The first-order valence-electron chi connectivity index (χ1n) is 8.19. The van der Waals surface area contributed by atoms with Gasteiger partial charge in [0.15, 0.2) is 0 Å². The minimum absolute atomic E-state index is 0.115. The van der Waals surface area contributed by atoms with Crippen LogP contribution in [0, 0.1) is 0 Å². The number of carbonyl (C=O) groups is 2. The van der Waals surface area contributed by atoms with Crippen molar-refractivity contribution in [3.05, 3.63) is 71.8 Å². The monoisotopic (exact) mass is 348 g/mol. The molecule has 1 N–H and O–H groups in total. The molecule has 0 unspecified atom stereocenters. The third-order valence-corrected chi connectivity index (χ3v) is 4.12. The molecule has 2 aromatic carbocycles. The van der Waals surface area contributed by atoms with Crippen LogP contribution in [0.3, 0.4) is 0 Å². The van der Waals surface area contributed by atoms with Gasteiger partial charge >= 0.3 is 6.02 Å². The maximum Gasteiger partial charge on any atom is 0.323 e. The summed E-state index contributed by atoms with van der Waals surface area (Å²) in [7, 11) is 0. The molecular formula is C19H16N4O3. The quantitative estimate of drug-likeness (QED) is 0.918. The van der Waals surface area contributed by atoms with Crippen molar-refractivity contribution in [3.8, 4) is 0 Å². The van der Waals surface area contributed by atoms with Gasteiger partial charge in [0.2, 0.25) is 11.8 Å². The molecule has 2 atom stereocenters. The molecule has 2 aliphatic heterocycles. The summed E-state index contributed by atoms with van der Waals surface area (Å²) >= 11 is 0. The minimum Gasteiger partial charge on any atom is -0.403 e. The van der Waals surface area contributed by atoms with E-state index in [1.54, 1.807) is 0 Å². The zero-order valence-electron chi connectivity index (χ0n) is 14.0. The number of hydrazone groups is 1. The van der Waals surface area contributed by atoms with Gasteiger partial charge in [-0.05, 0) is 17.7 Å². The molecule has 0 radical (unpaired) electrons. The van der Waals surface area contributed by atoms with Crippen LogP contribution in [0.15, 0.2) is 70.8 Å². The largest absolute Gasteiger partial charge is 0.403 e. The number of amidine groups is 1. The number of benzene rings is 2. The highest BCUT2D eigenvalue weighted by Crippen LogP contribution is 2.30.